The largest absolute Gasteiger partial charge is 0.390 e. The topological polar surface area (TPSA) is 68.0 Å². The monoisotopic (exact) mass is 467 g/mol. The van der Waals surface area contributed by atoms with Crippen molar-refractivity contribution in [1.29, 1.82) is 0 Å². The summed E-state index contributed by atoms with van der Waals surface area (Å²) in [5.74, 6) is 2.66. The molecule has 5 nitrogen and oxygen atoms in total. The zero-order valence-electron chi connectivity index (χ0n) is 20.8. The maximum Gasteiger partial charge on any atom is 0.157 e. The minimum Gasteiger partial charge on any atom is -0.390 e. The second-order valence-electron chi connectivity index (χ2n) is 12.9. The van der Waals surface area contributed by atoms with Crippen molar-refractivity contribution in [2.45, 2.75) is 90.7 Å². The van der Waals surface area contributed by atoms with E-state index in [9.17, 15) is 14.3 Å². The standard InChI is InChI=1S/C28H38FN3O2/c1-26(34)12-13-27(2)17(15-26)4-6-19-20-7-8-22(28(20,3)11-10-21(19)27)25(33)16-32-24-9-5-18(29)14-23(24)30-31-32/h5,9,14,17,19-22,34H,4,6-8,10-13,15-16H2,1-3H3/t17-,19-,20-,21-,22+,26+,27?,28?/m0/s1. The smallest absolute Gasteiger partial charge is 0.157 e. The molecule has 0 aliphatic heterocycles. The molecule has 0 amide bonds. The summed E-state index contributed by atoms with van der Waals surface area (Å²) in [6, 6.07) is 4.45. The third-order valence-electron chi connectivity index (χ3n) is 11.1. The Morgan fingerprint density at radius 1 is 1.06 bits per heavy atom. The van der Waals surface area contributed by atoms with E-state index in [1.807, 2.05) is 6.92 Å². The van der Waals surface area contributed by atoms with E-state index >= 15 is 0 Å². The van der Waals surface area contributed by atoms with Gasteiger partial charge in [0.25, 0.3) is 0 Å². The number of carbonyl (C=O) groups excluding carboxylic acids is 1. The molecule has 6 heteroatoms. The van der Waals surface area contributed by atoms with Gasteiger partial charge in [-0.25, -0.2) is 9.07 Å². The number of benzene rings is 1. The van der Waals surface area contributed by atoms with E-state index in [1.54, 1.807) is 10.7 Å². The molecule has 4 fully saturated rings. The van der Waals surface area contributed by atoms with Crippen molar-refractivity contribution >= 4 is 16.8 Å². The van der Waals surface area contributed by atoms with Crippen molar-refractivity contribution in [3.05, 3.63) is 24.0 Å². The van der Waals surface area contributed by atoms with Crippen LogP contribution in [0.25, 0.3) is 11.0 Å². The quantitative estimate of drug-likeness (QED) is 0.643. The highest BCUT2D eigenvalue weighted by Crippen LogP contribution is 2.68. The highest BCUT2D eigenvalue weighted by molar-refractivity contribution is 5.84. The van der Waals surface area contributed by atoms with Gasteiger partial charge in [-0.05, 0) is 111 Å². The lowest BCUT2D eigenvalue weighted by Crippen LogP contribution is -2.55. The third-order valence-corrected chi connectivity index (χ3v) is 11.1. The number of halogens is 1. The Morgan fingerprint density at radius 2 is 1.85 bits per heavy atom. The van der Waals surface area contributed by atoms with Gasteiger partial charge in [-0.1, -0.05) is 19.1 Å². The molecule has 6 rings (SSSR count). The molecule has 0 spiro atoms. The van der Waals surface area contributed by atoms with Gasteiger partial charge in [-0.3, -0.25) is 4.79 Å². The van der Waals surface area contributed by atoms with E-state index in [4.69, 9.17) is 0 Å². The van der Waals surface area contributed by atoms with Gasteiger partial charge in [-0.2, -0.15) is 0 Å². The van der Waals surface area contributed by atoms with Gasteiger partial charge in [0, 0.05) is 12.0 Å². The Hall–Kier alpha value is -1.82. The molecule has 2 aromatic rings. The Labute approximate surface area is 201 Å². The summed E-state index contributed by atoms with van der Waals surface area (Å²) in [6.45, 7) is 7.15. The first-order chi connectivity index (χ1) is 16.1. The average Bonchev–Trinajstić information content (AvgIpc) is 3.34. The Morgan fingerprint density at radius 3 is 2.68 bits per heavy atom. The molecule has 0 saturated heterocycles. The van der Waals surface area contributed by atoms with Gasteiger partial charge in [-0.15, -0.1) is 5.10 Å². The van der Waals surface area contributed by atoms with Gasteiger partial charge < -0.3 is 5.11 Å². The van der Waals surface area contributed by atoms with Crippen molar-refractivity contribution in [2.24, 2.45) is 40.4 Å². The van der Waals surface area contributed by atoms with Crippen LogP contribution in [0.5, 0.6) is 0 Å². The van der Waals surface area contributed by atoms with E-state index in [-0.39, 0.29) is 29.5 Å². The summed E-state index contributed by atoms with van der Waals surface area (Å²) < 4.78 is 15.2. The molecule has 4 aliphatic rings. The number of nitrogens with zero attached hydrogens (tertiary/aromatic N) is 3. The predicted octanol–water partition coefficient (Wildman–Crippen LogP) is 5.55. The number of fused-ring (bicyclic) bond motifs is 6. The number of aliphatic hydroxyl groups is 1. The molecule has 4 aliphatic carbocycles. The minimum atomic E-state index is -0.498. The Kier molecular flexibility index (Phi) is 5.05. The van der Waals surface area contributed by atoms with Gasteiger partial charge in [0.05, 0.1) is 11.1 Å². The van der Waals surface area contributed by atoms with E-state index < -0.39 is 5.60 Å². The maximum absolute atomic E-state index is 13.6. The number of carbonyl (C=O) groups is 1. The molecule has 1 N–H and O–H groups in total. The molecule has 8 atom stereocenters. The van der Waals surface area contributed by atoms with Crippen LogP contribution in [0.1, 0.15) is 78.6 Å². The molecule has 0 radical (unpaired) electrons. The van der Waals surface area contributed by atoms with Crippen LogP contribution < -0.4 is 0 Å². The summed E-state index contributed by atoms with van der Waals surface area (Å²) in [7, 11) is 0. The molecule has 4 saturated carbocycles. The van der Waals surface area contributed by atoms with Crippen molar-refractivity contribution in [1.82, 2.24) is 15.0 Å². The SMILES string of the molecule is CC12CC[C@@](C)(O)C[C@@H]1CC[C@@H]1[C@@H]2CCC2(C)[C@@H](C(=O)Cn3nnc4cc(F)ccc43)CC[C@@H]12. The van der Waals surface area contributed by atoms with Crippen LogP contribution in [0, 0.1) is 46.2 Å². The first-order valence-electron chi connectivity index (χ1n) is 13.3. The molecular weight excluding hydrogens is 429 g/mol. The second-order valence-corrected chi connectivity index (χ2v) is 12.9. The first-order valence-corrected chi connectivity index (χ1v) is 13.3. The predicted molar refractivity (Wildman–Crippen MR) is 128 cm³/mol. The zero-order chi connectivity index (χ0) is 23.9. The van der Waals surface area contributed by atoms with Crippen LogP contribution in [0.2, 0.25) is 0 Å². The molecule has 1 aromatic carbocycles. The van der Waals surface area contributed by atoms with Crippen LogP contribution in [0.4, 0.5) is 4.39 Å². The van der Waals surface area contributed by atoms with Crippen molar-refractivity contribution in [3.8, 4) is 0 Å². The lowest BCUT2D eigenvalue weighted by atomic mass is 9.44. The normalized spacial score (nSPS) is 43.9. The number of hydrogen-bond acceptors (Lipinski definition) is 4. The summed E-state index contributed by atoms with van der Waals surface area (Å²) in [5.41, 5.74) is 1.12. The van der Waals surface area contributed by atoms with Crippen LogP contribution in [-0.2, 0) is 11.3 Å². The number of ketones is 1. The molecule has 34 heavy (non-hydrogen) atoms. The van der Waals surface area contributed by atoms with Crippen LogP contribution in [0.3, 0.4) is 0 Å². The van der Waals surface area contributed by atoms with Gasteiger partial charge in [0.2, 0.25) is 0 Å². The molecule has 0 bridgehead atoms. The highest BCUT2D eigenvalue weighted by atomic mass is 19.1. The number of hydrogen-bond donors (Lipinski definition) is 1. The van der Waals surface area contributed by atoms with Crippen LogP contribution in [-0.4, -0.2) is 31.5 Å². The fraction of sp³-hybridized carbons (Fsp3) is 0.750. The van der Waals surface area contributed by atoms with E-state index in [2.05, 4.69) is 24.2 Å². The van der Waals surface area contributed by atoms with E-state index in [0.717, 1.165) is 50.0 Å². The van der Waals surface area contributed by atoms with Crippen molar-refractivity contribution in [2.75, 3.05) is 0 Å². The Bertz CT molecular complexity index is 1130. The van der Waals surface area contributed by atoms with Crippen LogP contribution in [0.15, 0.2) is 18.2 Å². The molecule has 1 aromatic heterocycles. The summed E-state index contributed by atoms with van der Waals surface area (Å²) in [5, 5.41) is 19.0. The summed E-state index contributed by atoms with van der Waals surface area (Å²) in [6.07, 6.45) is 9.93. The fourth-order valence-corrected chi connectivity index (χ4v) is 9.28. The lowest BCUT2D eigenvalue weighted by molar-refractivity contribution is -0.151. The van der Waals surface area contributed by atoms with Gasteiger partial charge >= 0.3 is 0 Å². The lowest BCUT2D eigenvalue weighted by Gasteiger charge is -2.61. The molecule has 184 valence electrons. The van der Waals surface area contributed by atoms with E-state index in [1.165, 1.54) is 31.4 Å². The third kappa shape index (κ3) is 3.30. The maximum atomic E-state index is 13.6. The van der Waals surface area contributed by atoms with Crippen molar-refractivity contribution in [3.63, 3.8) is 0 Å². The zero-order valence-corrected chi connectivity index (χ0v) is 20.8. The fourth-order valence-electron chi connectivity index (χ4n) is 9.28. The molecule has 2 unspecified atom stereocenters. The van der Waals surface area contributed by atoms with Gasteiger partial charge in [0.1, 0.15) is 17.9 Å². The molecule has 1 heterocycles. The summed E-state index contributed by atoms with van der Waals surface area (Å²) >= 11 is 0. The highest BCUT2D eigenvalue weighted by Gasteiger charge is 2.61. The molecular formula is C28H38FN3O2. The average molecular weight is 468 g/mol. The minimum absolute atomic E-state index is 0.0596. The van der Waals surface area contributed by atoms with Gasteiger partial charge in [0.15, 0.2) is 5.78 Å². The van der Waals surface area contributed by atoms with Crippen molar-refractivity contribution < 1.29 is 14.3 Å². The summed E-state index contributed by atoms with van der Waals surface area (Å²) in [4.78, 5) is 13.6. The number of rotatable bonds is 3. The second kappa shape index (κ2) is 7.59. The Balaban J connectivity index is 1.21. The number of Topliss-reactive ketones (excluding diaryl/α,β-unsaturated/α-hetero) is 1. The first kappa shape index (κ1) is 22.6. The van der Waals surface area contributed by atoms with Crippen LogP contribution >= 0.6 is 0 Å². The number of aromatic nitrogens is 3. The van der Waals surface area contributed by atoms with E-state index in [0.29, 0.717) is 28.7 Å².